The van der Waals surface area contributed by atoms with E-state index in [4.69, 9.17) is 16.7 Å². The Morgan fingerprint density at radius 1 is 1.28 bits per heavy atom. The number of nitrogens with two attached hydrogens (primary N) is 2. The van der Waals surface area contributed by atoms with Crippen LogP contribution in [0.3, 0.4) is 0 Å². The quantitative estimate of drug-likeness (QED) is 0.344. The zero-order chi connectivity index (χ0) is 18.0. The summed E-state index contributed by atoms with van der Waals surface area (Å²) in [6, 6.07) is 9.16. The molecule has 6 N–H and O–H groups in total. The summed E-state index contributed by atoms with van der Waals surface area (Å²) in [5.41, 5.74) is 14.8. The molecule has 0 fully saturated rings. The standard InChI is InChI=1S/C16H13BrN8/c17-5-8-3-1-2-4-9(8)13-11-12(20)10(6-18)14(21)24-15(11)25-16(23-13)22-7-19/h1-4,13H,5H2,(H6,20,21,22,23,24,25). The van der Waals surface area contributed by atoms with Gasteiger partial charge in [0.2, 0.25) is 5.96 Å². The average molecular weight is 397 g/mol. The van der Waals surface area contributed by atoms with E-state index >= 15 is 0 Å². The monoisotopic (exact) mass is 396 g/mol. The molecule has 1 aliphatic heterocycles. The number of nitrogen functional groups attached to an aromatic ring is 2. The molecule has 0 spiro atoms. The molecule has 0 amide bonds. The maximum absolute atomic E-state index is 9.33. The number of nitrogens with zero attached hydrogens (tertiary/aromatic N) is 4. The van der Waals surface area contributed by atoms with Crippen molar-refractivity contribution in [3.8, 4) is 12.3 Å². The van der Waals surface area contributed by atoms with E-state index in [-0.39, 0.29) is 23.0 Å². The van der Waals surface area contributed by atoms with Gasteiger partial charge in [-0.25, -0.2) is 9.98 Å². The fourth-order valence-electron chi connectivity index (χ4n) is 2.73. The molecule has 9 heteroatoms. The van der Waals surface area contributed by atoms with Crippen LogP contribution in [0.1, 0.15) is 28.3 Å². The van der Waals surface area contributed by atoms with E-state index in [1.807, 2.05) is 36.5 Å². The van der Waals surface area contributed by atoms with E-state index in [2.05, 4.69) is 36.5 Å². The van der Waals surface area contributed by atoms with Gasteiger partial charge in [0.15, 0.2) is 6.19 Å². The van der Waals surface area contributed by atoms with Crippen LogP contribution in [-0.2, 0) is 5.33 Å². The van der Waals surface area contributed by atoms with E-state index in [1.165, 1.54) is 0 Å². The predicted molar refractivity (Wildman–Crippen MR) is 98.5 cm³/mol. The van der Waals surface area contributed by atoms with Gasteiger partial charge in [-0.1, -0.05) is 40.2 Å². The molecule has 124 valence electrons. The molecule has 3 rings (SSSR count). The fourth-order valence-corrected chi connectivity index (χ4v) is 3.24. The minimum Gasteiger partial charge on any atom is -0.397 e. The van der Waals surface area contributed by atoms with Crippen molar-refractivity contribution in [3.63, 3.8) is 0 Å². The zero-order valence-electron chi connectivity index (χ0n) is 12.9. The third kappa shape index (κ3) is 2.82. The number of halogens is 1. The van der Waals surface area contributed by atoms with Crippen LogP contribution in [0.25, 0.3) is 0 Å². The van der Waals surface area contributed by atoms with Crippen LogP contribution in [0, 0.1) is 22.8 Å². The van der Waals surface area contributed by atoms with Gasteiger partial charge in [-0.05, 0) is 11.1 Å². The van der Waals surface area contributed by atoms with E-state index in [1.54, 1.807) is 0 Å². The van der Waals surface area contributed by atoms with Crippen molar-refractivity contribution in [2.24, 2.45) is 4.99 Å². The Kier molecular flexibility index (Phi) is 4.42. The van der Waals surface area contributed by atoms with Crippen molar-refractivity contribution in [3.05, 3.63) is 46.5 Å². The number of rotatable bonds is 2. The SMILES string of the molecule is N#CNC1=NC(c2ccccc2CBr)c2c(nc(N)c(C#N)c2N)N1. The molecule has 0 saturated carbocycles. The zero-order valence-corrected chi connectivity index (χ0v) is 14.5. The summed E-state index contributed by atoms with van der Waals surface area (Å²) in [7, 11) is 0. The highest BCUT2D eigenvalue weighted by Gasteiger charge is 2.30. The third-order valence-corrected chi connectivity index (χ3v) is 4.46. The number of hydrogen-bond acceptors (Lipinski definition) is 8. The number of hydrogen-bond donors (Lipinski definition) is 4. The molecule has 0 aliphatic carbocycles. The maximum Gasteiger partial charge on any atom is 0.211 e. The molecule has 1 aromatic carbocycles. The lowest BCUT2D eigenvalue weighted by Crippen LogP contribution is -2.33. The molecule has 8 nitrogen and oxygen atoms in total. The van der Waals surface area contributed by atoms with Crippen LogP contribution in [0.2, 0.25) is 0 Å². The number of aliphatic imine (C=N–C) groups is 1. The highest BCUT2D eigenvalue weighted by molar-refractivity contribution is 9.08. The number of benzene rings is 1. The molecule has 0 saturated heterocycles. The third-order valence-electron chi connectivity index (χ3n) is 3.85. The molecule has 1 aliphatic rings. The van der Waals surface area contributed by atoms with Gasteiger partial charge in [0, 0.05) is 10.9 Å². The lowest BCUT2D eigenvalue weighted by molar-refractivity contribution is 0.838. The van der Waals surface area contributed by atoms with Crippen molar-refractivity contribution in [2.75, 3.05) is 16.8 Å². The molecular weight excluding hydrogens is 384 g/mol. The van der Waals surface area contributed by atoms with Crippen molar-refractivity contribution in [2.45, 2.75) is 11.4 Å². The number of aromatic nitrogens is 1. The molecule has 1 atom stereocenters. The van der Waals surface area contributed by atoms with Crippen LogP contribution in [0.5, 0.6) is 0 Å². The largest absolute Gasteiger partial charge is 0.397 e. The summed E-state index contributed by atoms with van der Waals surface area (Å²) >= 11 is 3.47. The normalized spacial score (nSPS) is 15.2. The minimum atomic E-state index is -0.527. The summed E-state index contributed by atoms with van der Waals surface area (Å²) < 4.78 is 0. The number of pyridine rings is 1. The first-order valence-corrected chi connectivity index (χ1v) is 8.35. The summed E-state index contributed by atoms with van der Waals surface area (Å²) in [5.74, 6) is 0.633. The van der Waals surface area contributed by atoms with Crippen LogP contribution in [0.4, 0.5) is 17.3 Å². The second kappa shape index (κ2) is 6.67. The number of guanidine groups is 1. The number of nitrogens with one attached hydrogen (secondary N) is 2. The maximum atomic E-state index is 9.33. The van der Waals surface area contributed by atoms with Gasteiger partial charge in [-0.3, -0.25) is 5.32 Å². The summed E-state index contributed by atoms with van der Waals surface area (Å²) in [5, 5.41) is 24.2. The highest BCUT2D eigenvalue weighted by Crippen LogP contribution is 2.41. The molecule has 2 heterocycles. The van der Waals surface area contributed by atoms with Gasteiger partial charge in [0.1, 0.15) is 29.3 Å². The van der Waals surface area contributed by atoms with Crippen molar-refractivity contribution in [1.29, 1.82) is 10.5 Å². The van der Waals surface area contributed by atoms with Crippen molar-refractivity contribution < 1.29 is 0 Å². The Balaban J connectivity index is 2.28. The molecular formula is C16H13BrN8. The molecule has 0 bridgehead atoms. The Bertz CT molecular complexity index is 954. The fraction of sp³-hybridized carbons (Fsp3) is 0.125. The first kappa shape index (κ1) is 16.6. The van der Waals surface area contributed by atoms with Crippen molar-refractivity contribution >= 4 is 39.2 Å². The van der Waals surface area contributed by atoms with Crippen molar-refractivity contribution in [1.82, 2.24) is 10.3 Å². The lowest BCUT2D eigenvalue weighted by Gasteiger charge is -2.27. The van der Waals surface area contributed by atoms with Crippen LogP contribution < -0.4 is 22.1 Å². The van der Waals surface area contributed by atoms with Gasteiger partial charge in [0.25, 0.3) is 0 Å². The first-order chi connectivity index (χ1) is 12.1. The summed E-state index contributed by atoms with van der Waals surface area (Å²) in [4.78, 5) is 8.77. The summed E-state index contributed by atoms with van der Waals surface area (Å²) in [6.45, 7) is 0. The van der Waals surface area contributed by atoms with Gasteiger partial charge in [-0.15, -0.1) is 0 Å². The van der Waals surface area contributed by atoms with Gasteiger partial charge < -0.3 is 16.8 Å². The Morgan fingerprint density at radius 2 is 2.04 bits per heavy atom. The summed E-state index contributed by atoms with van der Waals surface area (Å²) in [6.07, 6.45) is 1.83. The van der Waals surface area contributed by atoms with E-state index in [0.717, 1.165) is 11.1 Å². The van der Waals surface area contributed by atoms with Gasteiger partial charge in [-0.2, -0.15) is 10.5 Å². The second-order valence-corrected chi connectivity index (χ2v) is 5.80. The van der Waals surface area contributed by atoms with Crippen LogP contribution in [-0.4, -0.2) is 10.9 Å². The Hall–Kier alpha value is -3.30. The minimum absolute atomic E-state index is 0.0250. The van der Waals surface area contributed by atoms with Gasteiger partial charge >= 0.3 is 0 Å². The van der Waals surface area contributed by atoms with Crippen LogP contribution in [0.15, 0.2) is 29.3 Å². The van der Waals surface area contributed by atoms with E-state index < -0.39 is 6.04 Å². The molecule has 1 aromatic heterocycles. The first-order valence-electron chi connectivity index (χ1n) is 7.23. The Morgan fingerprint density at radius 3 is 2.72 bits per heavy atom. The number of nitriles is 2. The van der Waals surface area contributed by atoms with E-state index in [9.17, 15) is 5.26 Å². The Labute approximate surface area is 152 Å². The number of fused-ring (bicyclic) bond motifs is 1. The lowest BCUT2D eigenvalue weighted by atomic mass is 9.92. The van der Waals surface area contributed by atoms with Gasteiger partial charge in [0.05, 0.1) is 5.69 Å². The second-order valence-electron chi connectivity index (χ2n) is 5.23. The topological polar surface area (TPSA) is 149 Å². The smallest absolute Gasteiger partial charge is 0.211 e. The molecule has 1 unspecified atom stereocenters. The van der Waals surface area contributed by atoms with Crippen LogP contribution >= 0.6 is 15.9 Å². The average Bonchev–Trinajstić information content (AvgIpc) is 2.61. The number of anilines is 3. The number of alkyl halides is 1. The highest BCUT2D eigenvalue weighted by atomic mass is 79.9. The predicted octanol–water partition coefficient (Wildman–Crippen LogP) is 1.95. The molecule has 0 radical (unpaired) electrons. The molecule has 2 aromatic rings. The van der Waals surface area contributed by atoms with E-state index in [0.29, 0.717) is 16.7 Å². The molecule has 25 heavy (non-hydrogen) atoms.